The maximum atomic E-state index is 5.55. The molecular weight excluding hydrogens is 242 g/mol. The third-order valence-corrected chi connectivity index (χ3v) is 2.81. The average molecular weight is 267 g/mol. The van der Waals surface area contributed by atoms with Crippen LogP contribution in [0.4, 0.5) is 11.6 Å². The van der Waals surface area contributed by atoms with Gasteiger partial charge in [0.2, 0.25) is 0 Å². The second-order valence-corrected chi connectivity index (χ2v) is 4.77. The number of nitrogens with zero attached hydrogens (tertiary/aromatic N) is 2. The molecule has 0 aliphatic rings. The van der Waals surface area contributed by atoms with Gasteiger partial charge in [-0.05, 0) is 18.8 Å². The molecule has 0 aliphatic carbocycles. The predicted molar refractivity (Wildman–Crippen MR) is 78.0 cm³/mol. The molecule has 0 saturated carbocycles. The number of hydrazine groups is 1. The lowest BCUT2D eigenvalue weighted by Gasteiger charge is -2.13. The fourth-order valence-corrected chi connectivity index (χ4v) is 1.69. The number of hydrogen-bond acceptors (Lipinski definition) is 6. The van der Waals surface area contributed by atoms with Crippen LogP contribution in [-0.4, -0.2) is 29.7 Å². The van der Waals surface area contributed by atoms with Crippen LogP contribution >= 0.6 is 0 Å². The summed E-state index contributed by atoms with van der Waals surface area (Å²) in [5.41, 5.74) is 3.58. The van der Waals surface area contributed by atoms with E-state index in [4.69, 9.17) is 10.6 Å². The fraction of sp³-hybridized carbons (Fsp3) is 0.692. The van der Waals surface area contributed by atoms with E-state index < -0.39 is 0 Å². The van der Waals surface area contributed by atoms with E-state index >= 15 is 0 Å². The van der Waals surface area contributed by atoms with Crippen LogP contribution in [0.2, 0.25) is 0 Å². The highest BCUT2D eigenvalue weighted by Gasteiger charge is 2.07. The number of hydrogen-bond donors (Lipinski definition) is 3. The van der Waals surface area contributed by atoms with E-state index in [1.165, 1.54) is 6.33 Å². The maximum Gasteiger partial charge on any atom is 0.148 e. The molecule has 0 radical (unpaired) electrons. The minimum absolute atomic E-state index is 0.667. The summed E-state index contributed by atoms with van der Waals surface area (Å²) in [4.78, 5) is 8.32. The topological polar surface area (TPSA) is 85.1 Å². The van der Waals surface area contributed by atoms with Crippen LogP contribution in [0.1, 0.15) is 32.8 Å². The van der Waals surface area contributed by atoms with Crippen molar-refractivity contribution in [1.29, 1.82) is 0 Å². The molecule has 0 unspecified atom stereocenters. The number of nitrogen functional groups attached to an aromatic ring is 1. The van der Waals surface area contributed by atoms with Crippen molar-refractivity contribution in [1.82, 2.24) is 9.97 Å². The molecule has 0 aromatic carbocycles. The van der Waals surface area contributed by atoms with Gasteiger partial charge >= 0.3 is 0 Å². The first-order chi connectivity index (χ1) is 9.19. The van der Waals surface area contributed by atoms with E-state index in [0.29, 0.717) is 18.3 Å². The average Bonchev–Trinajstić information content (AvgIpc) is 2.41. The molecule has 6 nitrogen and oxygen atoms in total. The Hall–Kier alpha value is -1.40. The third-order valence-electron chi connectivity index (χ3n) is 2.81. The molecule has 1 rings (SSSR count). The van der Waals surface area contributed by atoms with Crippen molar-refractivity contribution in [2.75, 3.05) is 30.5 Å². The van der Waals surface area contributed by atoms with E-state index in [1.807, 2.05) is 6.92 Å². The van der Waals surface area contributed by atoms with Crippen molar-refractivity contribution in [3.63, 3.8) is 0 Å². The Balaban J connectivity index is 2.37. The van der Waals surface area contributed by atoms with Gasteiger partial charge < -0.3 is 15.5 Å². The van der Waals surface area contributed by atoms with E-state index in [2.05, 4.69) is 34.6 Å². The van der Waals surface area contributed by atoms with Crippen LogP contribution in [-0.2, 0) is 11.2 Å². The van der Waals surface area contributed by atoms with Gasteiger partial charge in [-0.15, -0.1) is 0 Å². The number of rotatable bonds is 9. The minimum atomic E-state index is 0.667. The van der Waals surface area contributed by atoms with E-state index in [-0.39, 0.29) is 0 Å². The Morgan fingerprint density at radius 1 is 1.26 bits per heavy atom. The van der Waals surface area contributed by atoms with E-state index in [9.17, 15) is 0 Å². The van der Waals surface area contributed by atoms with Gasteiger partial charge in [-0.25, -0.2) is 15.8 Å². The van der Waals surface area contributed by atoms with Gasteiger partial charge in [0.25, 0.3) is 0 Å². The van der Waals surface area contributed by atoms with Crippen molar-refractivity contribution >= 4 is 11.6 Å². The van der Waals surface area contributed by atoms with Gasteiger partial charge in [-0.3, -0.25) is 0 Å². The molecule has 0 amide bonds. The normalized spacial score (nSPS) is 10.8. The molecule has 0 spiro atoms. The molecule has 0 saturated heterocycles. The van der Waals surface area contributed by atoms with Crippen LogP contribution in [0.5, 0.6) is 0 Å². The smallest absolute Gasteiger partial charge is 0.148 e. The number of ether oxygens (including phenoxy) is 1. The van der Waals surface area contributed by atoms with Crippen molar-refractivity contribution in [3.05, 3.63) is 11.9 Å². The van der Waals surface area contributed by atoms with Crippen LogP contribution in [0.15, 0.2) is 6.33 Å². The quantitative estimate of drug-likeness (QED) is 0.359. The summed E-state index contributed by atoms with van der Waals surface area (Å²) < 4.78 is 5.55. The molecule has 0 atom stereocenters. The Morgan fingerprint density at radius 2 is 2.00 bits per heavy atom. The Morgan fingerprint density at radius 3 is 2.63 bits per heavy atom. The van der Waals surface area contributed by atoms with E-state index in [1.54, 1.807) is 0 Å². The number of aromatic nitrogens is 2. The SMILES string of the molecule is CCc1c(NN)ncnc1NCCOCCC(C)C. The van der Waals surface area contributed by atoms with Crippen molar-refractivity contribution in [2.45, 2.75) is 33.6 Å². The number of nitrogens with two attached hydrogens (primary N) is 1. The minimum Gasteiger partial charge on any atom is -0.380 e. The summed E-state index contributed by atoms with van der Waals surface area (Å²) in [6, 6.07) is 0. The zero-order chi connectivity index (χ0) is 14.1. The zero-order valence-corrected chi connectivity index (χ0v) is 12.1. The third kappa shape index (κ3) is 5.40. The predicted octanol–water partition coefficient (Wildman–Crippen LogP) is 1.80. The fourth-order valence-electron chi connectivity index (χ4n) is 1.69. The molecular formula is C13H25N5O. The van der Waals surface area contributed by atoms with Gasteiger partial charge in [0, 0.05) is 18.7 Å². The molecule has 0 aliphatic heterocycles. The summed E-state index contributed by atoms with van der Waals surface area (Å²) in [6.07, 6.45) is 3.40. The van der Waals surface area contributed by atoms with Crippen LogP contribution in [0.3, 0.4) is 0 Å². The lowest BCUT2D eigenvalue weighted by Crippen LogP contribution is -2.16. The lowest BCUT2D eigenvalue weighted by atomic mass is 10.1. The Bertz CT molecular complexity index is 370. The Kier molecular flexibility index (Phi) is 7.14. The van der Waals surface area contributed by atoms with Crippen molar-refractivity contribution in [2.24, 2.45) is 11.8 Å². The number of anilines is 2. The molecule has 0 fully saturated rings. The van der Waals surface area contributed by atoms with Crippen LogP contribution in [0, 0.1) is 5.92 Å². The molecule has 1 heterocycles. The monoisotopic (exact) mass is 267 g/mol. The second kappa shape index (κ2) is 8.66. The zero-order valence-electron chi connectivity index (χ0n) is 12.1. The molecule has 19 heavy (non-hydrogen) atoms. The largest absolute Gasteiger partial charge is 0.380 e. The van der Waals surface area contributed by atoms with Crippen LogP contribution in [0.25, 0.3) is 0 Å². The van der Waals surface area contributed by atoms with Crippen molar-refractivity contribution < 1.29 is 4.74 Å². The molecule has 4 N–H and O–H groups in total. The Labute approximate surface area is 115 Å². The number of nitrogens with one attached hydrogen (secondary N) is 2. The van der Waals surface area contributed by atoms with Gasteiger partial charge in [-0.1, -0.05) is 20.8 Å². The highest BCUT2D eigenvalue weighted by Crippen LogP contribution is 2.18. The van der Waals surface area contributed by atoms with Gasteiger partial charge in [-0.2, -0.15) is 0 Å². The summed E-state index contributed by atoms with van der Waals surface area (Å²) in [6.45, 7) is 8.63. The molecule has 1 aromatic rings. The van der Waals surface area contributed by atoms with Gasteiger partial charge in [0.05, 0.1) is 6.61 Å². The first kappa shape index (κ1) is 15.7. The van der Waals surface area contributed by atoms with E-state index in [0.717, 1.165) is 37.4 Å². The first-order valence-electron chi connectivity index (χ1n) is 6.81. The van der Waals surface area contributed by atoms with Crippen molar-refractivity contribution in [3.8, 4) is 0 Å². The highest BCUT2D eigenvalue weighted by molar-refractivity contribution is 5.56. The summed E-state index contributed by atoms with van der Waals surface area (Å²) in [5, 5.41) is 3.26. The standard InChI is InChI=1S/C13H25N5O/c1-4-11-12(16-9-17-13(11)18-14)15-6-8-19-7-5-10(2)3/h9-10H,4-8,14H2,1-3H3,(H2,15,16,17,18). The molecule has 108 valence electrons. The lowest BCUT2D eigenvalue weighted by molar-refractivity contribution is 0.132. The molecule has 0 bridgehead atoms. The highest BCUT2D eigenvalue weighted by atomic mass is 16.5. The molecule has 1 aromatic heterocycles. The maximum absolute atomic E-state index is 5.55. The second-order valence-electron chi connectivity index (χ2n) is 4.77. The van der Waals surface area contributed by atoms with Gasteiger partial charge in [0.15, 0.2) is 0 Å². The first-order valence-corrected chi connectivity index (χ1v) is 6.81. The van der Waals surface area contributed by atoms with Gasteiger partial charge in [0.1, 0.15) is 18.0 Å². The summed E-state index contributed by atoms with van der Waals surface area (Å²) >= 11 is 0. The molecule has 6 heteroatoms. The summed E-state index contributed by atoms with van der Waals surface area (Å²) in [5.74, 6) is 7.59. The van der Waals surface area contributed by atoms with Crippen LogP contribution < -0.4 is 16.6 Å². The summed E-state index contributed by atoms with van der Waals surface area (Å²) in [7, 11) is 0.